The predicted molar refractivity (Wildman–Crippen MR) is 232 cm³/mol. The Hall–Kier alpha value is -5.32. The summed E-state index contributed by atoms with van der Waals surface area (Å²) in [7, 11) is -3.86. The molecule has 3 rings (SSSR count). The van der Waals surface area contributed by atoms with Crippen molar-refractivity contribution >= 4 is 45.8 Å². The maximum atomic E-state index is 17.8. The summed E-state index contributed by atoms with van der Waals surface area (Å²) in [6.07, 6.45) is -8.09. The summed E-state index contributed by atoms with van der Waals surface area (Å²) in [6.45, 7) is 13.5. The fraction of sp³-hybridized carbons (Fsp3) is 0.581. The quantitative estimate of drug-likeness (QED) is 0.0447. The largest absolute Gasteiger partial charge is 0.487 e. The van der Waals surface area contributed by atoms with Crippen molar-refractivity contribution in [3.8, 4) is 5.75 Å². The van der Waals surface area contributed by atoms with Crippen LogP contribution in [0.5, 0.6) is 5.75 Å². The minimum absolute atomic E-state index is 0.0178. The normalized spacial score (nSPS) is 14.6. The molecule has 1 aliphatic rings. The molecule has 364 valence electrons. The van der Waals surface area contributed by atoms with Crippen molar-refractivity contribution in [3.05, 3.63) is 66.0 Å². The topological polar surface area (TPSA) is 198 Å². The molecule has 2 aromatic rings. The Bertz CT molecular complexity index is 2060. The molecule has 0 saturated heterocycles. The predicted octanol–water partition coefficient (Wildman–Crippen LogP) is 6.88. The van der Waals surface area contributed by atoms with Gasteiger partial charge in [0.15, 0.2) is 5.82 Å². The van der Waals surface area contributed by atoms with E-state index in [9.17, 15) is 36.4 Å². The van der Waals surface area contributed by atoms with Crippen molar-refractivity contribution in [1.29, 1.82) is 0 Å². The van der Waals surface area contributed by atoms with Gasteiger partial charge in [0, 0.05) is 31.7 Å². The molecule has 65 heavy (non-hydrogen) atoms. The molecule has 0 aromatic heterocycles. The van der Waals surface area contributed by atoms with E-state index in [-0.39, 0.29) is 35.4 Å². The van der Waals surface area contributed by atoms with Crippen molar-refractivity contribution in [3.63, 3.8) is 0 Å². The van der Waals surface area contributed by atoms with Crippen LogP contribution in [0.2, 0.25) is 0 Å². The average Bonchev–Trinajstić information content (AvgIpc) is 3.54. The number of halogens is 3. The standard InChI is InChI=1S/C43H61F3N4O14S/c1-12-18-59-38(52)47-65(55,56)49(25-34(51)62-41(2,3)4)36-32(60-26-28-16-14-13-15-17-28)22-31-30(35(36)44)21-29(50(31)40(54)64-43(8,9)10)23-48(39(53)63-42(5,6)7)24-33(37(45)46)61-27-58-20-19-57-11/h12-17,22,29,33,37H,1,18-21,23-27H2,2-11H3,(H,47,52)/t29-,33?/m1/s1. The molecule has 0 spiro atoms. The van der Waals surface area contributed by atoms with E-state index in [4.69, 9.17) is 37.9 Å². The Labute approximate surface area is 378 Å². The van der Waals surface area contributed by atoms with Gasteiger partial charge in [0.05, 0.1) is 31.5 Å². The van der Waals surface area contributed by atoms with Crippen LogP contribution in [0.15, 0.2) is 49.1 Å². The zero-order valence-corrected chi connectivity index (χ0v) is 39.3. The van der Waals surface area contributed by atoms with Crippen molar-refractivity contribution in [2.45, 2.75) is 111 Å². The summed E-state index contributed by atoms with van der Waals surface area (Å²) < 4.78 is 120. The van der Waals surface area contributed by atoms with Crippen LogP contribution in [-0.2, 0) is 61.2 Å². The molecule has 1 N–H and O–H groups in total. The van der Waals surface area contributed by atoms with Crippen LogP contribution in [-0.4, -0.2) is 126 Å². The van der Waals surface area contributed by atoms with Crippen LogP contribution in [0.3, 0.4) is 0 Å². The van der Waals surface area contributed by atoms with Gasteiger partial charge in [-0.05, 0) is 67.9 Å². The Morgan fingerprint density at radius 1 is 0.954 bits per heavy atom. The van der Waals surface area contributed by atoms with Crippen LogP contribution in [0.25, 0.3) is 0 Å². The van der Waals surface area contributed by atoms with E-state index in [1.807, 2.05) is 0 Å². The van der Waals surface area contributed by atoms with Crippen molar-refractivity contribution < 1.29 is 78.7 Å². The third-order valence-electron chi connectivity index (χ3n) is 8.51. The monoisotopic (exact) mass is 946 g/mol. The van der Waals surface area contributed by atoms with Crippen molar-refractivity contribution in [1.82, 2.24) is 9.62 Å². The van der Waals surface area contributed by atoms with Gasteiger partial charge in [-0.1, -0.05) is 43.0 Å². The number of rotatable bonds is 21. The first kappa shape index (κ1) is 54.0. The lowest BCUT2D eigenvalue weighted by molar-refractivity contribution is -0.152. The van der Waals surface area contributed by atoms with Crippen molar-refractivity contribution in [2.75, 3.05) is 62.6 Å². The number of methoxy groups -OCH3 is 1. The molecule has 1 heterocycles. The van der Waals surface area contributed by atoms with Crippen LogP contribution >= 0.6 is 0 Å². The SMILES string of the molecule is C=CCOC(=O)NS(=O)(=O)N(CC(=O)OC(C)(C)C)c1c(OCc2ccccc2)cc2c(c1F)C[C@H](CN(CC(OCOCCOC)C(F)F)C(=O)OC(C)(C)C)N2C(=O)OC(C)(C)C. The summed E-state index contributed by atoms with van der Waals surface area (Å²) in [5.41, 5.74) is -4.37. The highest BCUT2D eigenvalue weighted by molar-refractivity contribution is 7.91. The number of hydrogen-bond acceptors (Lipinski definition) is 14. The van der Waals surface area contributed by atoms with E-state index in [1.165, 1.54) is 27.9 Å². The molecule has 0 bridgehead atoms. The van der Waals surface area contributed by atoms with Gasteiger partial charge in [-0.15, -0.1) is 0 Å². The molecule has 18 nitrogen and oxygen atoms in total. The third kappa shape index (κ3) is 17.2. The number of nitrogens with zero attached hydrogens (tertiary/aromatic N) is 3. The first-order valence-electron chi connectivity index (χ1n) is 20.4. The van der Waals surface area contributed by atoms with E-state index in [2.05, 4.69) is 6.58 Å². The van der Waals surface area contributed by atoms with E-state index >= 15 is 4.39 Å². The van der Waals surface area contributed by atoms with Crippen LogP contribution < -0.4 is 18.7 Å². The fourth-order valence-corrected chi connectivity index (χ4v) is 7.09. The van der Waals surface area contributed by atoms with Crippen LogP contribution in [0.4, 0.5) is 38.9 Å². The summed E-state index contributed by atoms with van der Waals surface area (Å²) in [5.74, 6) is -3.06. The highest BCUT2D eigenvalue weighted by atomic mass is 32.2. The number of benzene rings is 2. The van der Waals surface area contributed by atoms with Gasteiger partial charge in [-0.25, -0.2) is 36.6 Å². The van der Waals surface area contributed by atoms with Gasteiger partial charge in [0.1, 0.15) is 60.9 Å². The van der Waals surface area contributed by atoms with Crippen LogP contribution in [0, 0.1) is 5.82 Å². The van der Waals surface area contributed by atoms with E-state index in [1.54, 1.807) is 76.6 Å². The molecule has 3 amide bonds. The molecular weight excluding hydrogens is 886 g/mol. The molecule has 0 radical (unpaired) electrons. The number of alkyl halides is 2. The summed E-state index contributed by atoms with van der Waals surface area (Å²) in [5, 5.41) is 0. The van der Waals surface area contributed by atoms with Gasteiger partial charge in [-0.3, -0.25) is 9.69 Å². The van der Waals surface area contributed by atoms with E-state index < -0.39 is 127 Å². The molecule has 1 aliphatic heterocycles. The molecule has 2 atom stereocenters. The lowest BCUT2D eigenvalue weighted by Gasteiger charge is -2.35. The van der Waals surface area contributed by atoms with Gasteiger partial charge in [-0.2, -0.15) is 8.42 Å². The average molecular weight is 947 g/mol. The zero-order valence-electron chi connectivity index (χ0n) is 38.4. The number of esters is 1. The second-order valence-corrected chi connectivity index (χ2v) is 19.1. The summed E-state index contributed by atoms with van der Waals surface area (Å²) >= 11 is 0. The number of nitrogens with one attached hydrogen (secondary N) is 1. The number of carbonyl (C=O) groups excluding carboxylic acids is 4. The minimum Gasteiger partial charge on any atom is -0.487 e. The second-order valence-electron chi connectivity index (χ2n) is 17.5. The first-order chi connectivity index (χ1) is 30.2. The molecule has 1 unspecified atom stereocenters. The smallest absolute Gasteiger partial charge is 0.422 e. The second kappa shape index (κ2) is 23.2. The lowest BCUT2D eigenvalue weighted by Crippen LogP contribution is -2.52. The third-order valence-corrected chi connectivity index (χ3v) is 9.83. The van der Waals surface area contributed by atoms with Gasteiger partial charge >= 0.3 is 34.5 Å². The Morgan fingerprint density at radius 3 is 2.15 bits per heavy atom. The fourth-order valence-electron chi connectivity index (χ4n) is 6.02. The maximum absolute atomic E-state index is 17.8. The number of fused-ring (bicyclic) bond motifs is 1. The highest BCUT2D eigenvalue weighted by Crippen LogP contribution is 2.46. The molecule has 2 aromatic carbocycles. The molecular formula is C43H61F3N4O14S. The number of anilines is 2. The number of amides is 3. The Balaban J connectivity index is 2.32. The van der Waals surface area contributed by atoms with E-state index in [0.29, 0.717) is 5.56 Å². The van der Waals surface area contributed by atoms with Crippen LogP contribution in [0.1, 0.15) is 73.4 Å². The molecule has 0 saturated carbocycles. The maximum Gasteiger partial charge on any atom is 0.422 e. The summed E-state index contributed by atoms with van der Waals surface area (Å²) in [4.78, 5) is 56.0. The Kier molecular flexibility index (Phi) is 19.3. The molecule has 22 heteroatoms. The Morgan fingerprint density at radius 2 is 1.58 bits per heavy atom. The number of carbonyl (C=O) groups is 4. The number of ether oxygens (including phenoxy) is 8. The van der Waals surface area contributed by atoms with E-state index in [0.717, 1.165) is 21.9 Å². The first-order valence-corrected chi connectivity index (χ1v) is 21.9. The zero-order chi connectivity index (χ0) is 48.9. The summed E-state index contributed by atoms with van der Waals surface area (Å²) in [6, 6.07) is 8.24. The van der Waals surface area contributed by atoms with Crippen molar-refractivity contribution in [2.24, 2.45) is 0 Å². The molecule has 0 aliphatic carbocycles. The lowest BCUT2D eigenvalue weighted by atomic mass is 10.1. The van der Waals surface area contributed by atoms with Gasteiger partial charge in [0.25, 0.3) is 6.43 Å². The van der Waals surface area contributed by atoms with Gasteiger partial charge < -0.3 is 42.8 Å². The number of hydrogen-bond donors (Lipinski definition) is 1. The van der Waals surface area contributed by atoms with Gasteiger partial charge in [0.2, 0.25) is 0 Å². The highest BCUT2D eigenvalue weighted by Gasteiger charge is 2.45. The molecule has 0 fully saturated rings. The minimum atomic E-state index is -5.27.